The van der Waals surface area contributed by atoms with Crippen molar-refractivity contribution in [3.8, 4) is 5.75 Å². The number of hydrogen-bond donors (Lipinski definition) is 2. The van der Waals surface area contributed by atoms with Gasteiger partial charge in [-0.25, -0.2) is 4.99 Å². The maximum atomic E-state index is 6.10. The second-order valence-corrected chi connectivity index (χ2v) is 5.42. The average molecular weight is 336 g/mol. The Bertz CT molecular complexity index is 614. The lowest BCUT2D eigenvalue weighted by atomic mass is 10.3. The first kappa shape index (κ1) is 17.2. The molecule has 5 nitrogen and oxygen atoms in total. The summed E-state index contributed by atoms with van der Waals surface area (Å²) in [6.07, 6.45) is 1.59. The molecule has 1 aromatic heterocycles. The Hall–Kier alpha value is -2.14. The largest absolute Gasteiger partial charge is 0.487 e. The van der Waals surface area contributed by atoms with Gasteiger partial charge in [-0.05, 0) is 38.1 Å². The van der Waals surface area contributed by atoms with Crippen LogP contribution in [0.1, 0.15) is 19.6 Å². The third-order valence-electron chi connectivity index (χ3n) is 3.04. The van der Waals surface area contributed by atoms with E-state index in [1.54, 1.807) is 6.26 Å². The van der Waals surface area contributed by atoms with Gasteiger partial charge in [0.25, 0.3) is 0 Å². The molecular formula is C17H22ClN3O2. The van der Waals surface area contributed by atoms with Gasteiger partial charge in [0.15, 0.2) is 5.96 Å². The SMILES string of the molecule is CCNC(=NCc1ccco1)NCC(C)Oc1ccccc1Cl. The minimum atomic E-state index is -0.0534. The molecule has 6 heteroatoms. The Labute approximate surface area is 141 Å². The van der Waals surface area contributed by atoms with E-state index in [-0.39, 0.29) is 6.10 Å². The molecule has 0 saturated heterocycles. The molecule has 1 heterocycles. The fraction of sp³-hybridized carbons (Fsp3) is 0.353. The number of halogens is 1. The predicted molar refractivity (Wildman–Crippen MR) is 93.1 cm³/mol. The minimum absolute atomic E-state index is 0.0534. The lowest BCUT2D eigenvalue weighted by Gasteiger charge is -2.18. The van der Waals surface area contributed by atoms with E-state index >= 15 is 0 Å². The Morgan fingerprint density at radius 1 is 1.26 bits per heavy atom. The molecule has 0 aliphatic rings. The topological polar surface area (TPSA) is 58.8 Å². The van der Waals surface area contributed by atoms with Crippen LogP contribution in [-0.4, -0.2) is 25.2 Å². The summed E-state index contributed by atoms with van der Waals surface area (Å²) >= 11 is 6.10. The van der Waals surface area contributed by atoms with Crippen LogP contribution >= 0.6 is 11.6 Å². The van der Waals surface area contributed by atoms with Crippen LogP contribution in [0.3, 0.4) is 0 Å². The molecule has 0 spiro atoms. The van der Waals surface area contributed by atoms with Crippen molar-refractivity contribution in [3.63, 3.8) is 0 Å². The van der Waals surface area contributed by atoms with Gasteiger partial charge in [-0.2, -0.15) is 0 Å². The van der Waals surface area contributed by atoms with E-state index in [1.165, 1.54) is 0 Å². The highest BCUT2D eigenvalue weighted by Gasteiger charge is 2.08. The smallest absolute Gasteiger partial charge is 0.191 e. The Balaban J connectivity index is 1.85. The van der Waals surface area contributed by atoms with Gasteiger partial charge in [0.2, 0.25) is 0 Å². The van der Waals surface area contributed by atoms with Crippen molar-refractivity contribution in [2.24, 2.45) is 4.99 Å². The number of ether oxygens (including phenoxy) is 1. The number of furan rings is 1. The minimum Gasteiger partial charge on any atom is -0.487 e. The molecular weight excluding hydrogens is 314 g/mol. The molecule has 1 unspecified atom stereocenters. The maximum Gasteiger partial charge on any atom is 0.191 e. The van der Waals surface area contributed by atoms with Gasteiger partial charge in [-0.15, -0.1) is 0 Å². The quantitative estimate of drug-likeness (QED) is 0.601. The first-order valence-electron chi connectivity index (χ1n) is 7.64. The molecule has 0 amide bonds. The van der Waals surface area contributed by atoms with Gasteiger partial charge in [0, 0.05) is 6.54 Å². The highest BCUT2D eigenvalue weighted by molar-refractivity contribution is 6.32. The molecule has 0 aliphatic heterocycles. The number of aliphatic imine (C=N–C) groups is 1. The summed E-state index contributed by atoms with van der Waals surface area (Å²) in [7, 11) is 0. The number of para-hydroxylation sites is 1. The van der Waals surface area contributed by atoms with E-state index < -0.39 is 0 Å². The lowest BCUT2D eigenvalue weighted by Crippen LogP contribution is -2.41. The fourth-order valence-corrected chi connectivity index (χ4v) is 2.12. The van der Waals surface area contributed by atoms with E-state index in [1.807, 2.05) is 50.2 Å². The fourth-order valence-electron chi connectivity index (χ4n) is 1.94. The Kier molecular flexibility index (Phi) is 6.81. The molecule has 0 aliphatic carbocycles. The Morgan fingerprint density at radius 3 is 2.78 bits per heavy atom. The van der Waals surface area contributed by atoms with Crippen LogP contribution in [0.4, 0.5) is 0 Å². The van der Waals surface area contributed by atoms with Gasteiger partial charge in [-0.1, -0.05) is 23.7 Å². The van der Waals surface area contributed by atoms with Crippen LogP contribution in [0.2, 0.25) is 5.02 Å². The molecule has 23 heavy (non-hydrogen) atoms. The van der Waals surface area contributed by atoms with Crippen LogP contribution in [0.25, 0.3) is 0 Å². The number of benzene rings is 1. The second kappa shape index (κ2) is 9.10. The summed E-state index contributed by atoms with van der Waals surface area (Å²) in [5.74, 6) is 2.22. The second-order valence-electron chi connectivity index (χ2n) is 5.01. The number of guanidine groups is 1. The third kappa shape index (κ3) is 5.87. The van der Waals surface area contributed by atoms with E-state index in [0.717, 1.165) is 18.3 Å². The summed E-state index contributed by atoms with van der Waals surface area (Å²) in [5, 5.41) is 7.05. The summed E-state index contributed by atoms with van der Waals surface area (Å²) in [5.41, 5.74) is 0. The van der Waals surface area contributed by atoms with Crippen molar-refractivity contribution in [3.05, 3.63) is 53.4 Å². The zero-order valence-corrected chi connectivity index (χ0v) is 14.1. The number of hydrogen-bond acceptors (Lipinski definition) is 3. The van der Waals surface area contributed by atoms with Crippen LogP contribution in [-0.2, 0) is 6.54 Å². The zero-order chi connectivity index (χ0) is 16.5. The summed E-state index contributed by atoms with van der Waals surface area (Å²) < 4.78 is 11.1. The van der Waals surface area contributed by atoms with Crippen molar-refractivity contribution in [2.75, 3.05) is 13.1 Å². The van der Waals surface area contributed by atoms with Gasteiger partial charge < -0.3 is 19.8 Å². The van der Waals surface area contributed by atoms with E-state index in [0.29, 0.717) is 23.9 Å². The molecule has 0 saturated carbocycles. The molecule has 0 fully saturated rings. The molecule has 1 atom stereocenters. The first-order valence-corrected chi connectivity index (χ1v) is 8.02. The maximum absolute atomic E-state index is 6.10. The summed E-state index contributed by atoms with van der Waals surface area (Å²) in [4.78, 5) is 4.47. The van der Waals surface area contributed by atoms with Gasteiger partial charge in [0.1, 0.15) is 24.2 Å². The van der Waals surface area contributed by atoms with E-state index in [4.69, 9.17) is 20.8 Å². The van der Waals surface area contributed by atoms with Gasteiger partial charge in [-0.3, -0.25) is 0 Å². The number of nitrogens with one attached hydrogen (secondary N) is 2. The average Bonchev–Trinajstić information content (AvgIpc) is 3.06. The molecule has 0 bridgehead atoms. The predicted octanol–water partition coefficient (Wildman–Crippen LogP) is 3.46. The van der Waals surface area contributed by atoms with Crippen LogP contribution in [0, 0.1) is 0 Å². The van der Waals surface area contributed by atoms with E-state index in [9.17, 15) is 0 Å². The highest BCUT2D eigenvalue weighted by atomic mass is 35.5. The van der Waals surface area contributed by atoms with E-state index in [2.05, 4.69) is 15.6 Å². The van der Waals surface area contributed by atoms with Gasteiger partial charge >= 0.3 is 0 Å². The molecule has 124 valence electrons. The third-order valence-corrected chi connectivity index (χ3v) is 3.35. The standard InChI is InChI=1S/C17H22ClN3O2/c1-3-19-17(21-12-14-7-6-10-22-14)20-11-13(2)23-16-9-5-4-8-15(16)18/h4-10,13H,3,11-12H2,1-2H3,(H2,19,20,21). The van der Waals surface area contributed by atoms with Crippen molar-refractivity contribution < 1.29 is 9.15 Å². The number of nitrogens with zero attached hydrogens (tertiary/aromatic N) is 1. The van der Waals surface area contributed by atoms with Crippen LogP contribution < -0.4 is 15.4 Å². The monoisotopic (exact) mass is 335 g/mol. The van der Waals surface area contributed by atoms with Crippen molar-refractivity contribution in [1.82, 2.24) is 10.6 Å². The molecule has 2 rings (SSSR count). The highest BCUT2D eigenvalue weighted by Crippen LogP contribution is 2.23. The Morgan fingerprint density at radius 2 is 2.09 bits per heavy atom. The summed E-state index contributed by atoms with van der Waals surface area (Å²) in [6.45, 7) is 5.88. The molecule has 2 aromatic rings. The van der Waals surface area contributed by atoms with Crippen molar-refractivity contribution in [2.45, 2.75) is 26.5 Å². The normalized spacial score (nSPS) is 12.7. The number of rotatable bonds is 7. The summed E-state index contributed by atoms with van der Waals surface area (Å²) in [6, 6.07) is 11.2. The molecule has 0 radical (unpaired) electrons. The lowest BCUT2D eigenvalue weighted by molar-refractivity contribution is 0.224. The zero-order valence-electron chi connectivity index (χ0n) is 13.4. The van der Waals surface area contributed by atoms with Crippen molar-refractivity contribution >= 4 is 17.6 Å². The van der Waals surface area contributed by atoms with Crippen LogP contribution in [0.5, 0.6) is 5.75 Å². The first-order chi connectivity index (χ1) is 11.2. The molecule has 1 aromatic carbocycles. The van der Waals surface area contributed by atoms with Gasteiger partial charge in [0.05, 0.1) is 17.8 Å². The van der Waals surface area contributed by atoms with Crippen molar-refractivity contribution in [1.29, 1.82) is 0 Å². The molecule has 2 N–H and O–H groups in total. The van der Waals surface area contributed by atoms with Crippen LogP contribution in [0.15, 0.2) is 52.1 Å².